The van der Waals surface area contributed by atoms with Gasteiger partial charge in [0.1, 0.15) is 11.6 Å². The summed E-state index contributed by atoms with van der Waals surface area (Å²) >= 11 is 0. The Morgan fingerprint density at radius 3 is 2.63 bits per heavy atom. The van der Waals surface area contributed by atoms with Crippen molar-refractivity contribution in [2.75, 3.05) is 20.2 Å². The van der Waals surface area contributed by atoms with E-state index in [0.29, 0.717) is 19.5 Å². The summed E-state index contributed by atoms with van der Waals surface area (Å²) in [5, 5.41) is 2.82. The molecule has 146 valence electrons. The van der Waals surface area contributed by atoms with Gasteiger partial charge in [0, 0.05) is 19.0 Å². The quantitative estimate of drug-likeness (QED) is 0.813. The molecule has 1 N–H and O–H groups in total. The number of carbonyl (C=O) groups is 2. The summed E-state index contributed by atoms with van der Waals surface area (Å²) in [5.74, 6) is 0.815. The maximum Gasteiger partial charge on any atom is 0.328 e. The van der Waals surface area contributed by atoms with Crippen LogP contribution in [0.3, 0.4) is 0 Å². The second-order valence-electron chi connectivity index (χ2n) is 7.44. The zero-order valence-electron chi connectivity index (χ0n) is 16.1. The number of nitrogens with zero attached hydrogens (tertiary/aromatic N) is 2. The number of fused-ring (bicyclic) bond motifs is 1. The van der Waals surface area contributed by atoms with Crippen LogP contribution >= 0.6 is 0 Å². The largest absolute Gasteiger partial charge is 0.467 e. The van der Waals surface area contributed by atoms with E-state index in [4.69, 9.17) is 9.15 Å². The van der Waals surface area contributed by atoms with Crippen molar-refractivity contribution < 1.29 is 18.7 Å². The molecule has 3 rings (SSSR count). The number of likely N-dealkylation sites (tertiary alicyclic amines) is 1. The molecule has 7 nitrogen and oxygen atoms in total. The number of amides is 2. The fourth-order valence-corrected chi connectivity index (χ4v) is 3.46. The number of nitrogens with one attached hydrogen (secondary N) is 1. The SMILES string of the molecule is COC(=O)C(CC(C)C)NC(=O)N1CCC(c2nc3ccccc3o2)CC1. The number of methoxy groups -OCH3 is 1. The maximum absolute atomic E-state index is 12.6. The van der Waals surface area contributed by atoms with Crippen LogP contribution in [0.4, 0.5) is 4.79 Å². The van der Waals surface area contributed by atoms with Crippen LogP contribution < -0.4 is 5.32 Å². The number of hydrogen-bond acceptors (Lipinski definition) is 5. The fraction of sp³-hybridized carbons (Fsp3) is 0.550. The van der Waals surface area contributed by atoms with Gasteiger partial charge < -0.3 is 19.4 Å². The Bertz CT molecular complexity index is 760. The van der Waals surface area contributed by atoms with Gasteiger partial charge >= 0.3 is 12.0 Å². The second-order valence-corrected chi connectivity index (χ2v) is 7.44. The molecule has 1 aromatic heterocycles. The molecule has 1 atom stereocenters. The van der Waals surface area contributed by atoms with Crippen LogP contribution in [0.25, 0.3) is 11.1 Å². The van der Waals surface area contributed by atoms with Crippen LogP contribution in [0.15, 0.2) is 28.7 Å². The Hall–Kier alpha value is -2.57. The van der Waals surface area contributed by atoms with Gasteiger partial charge in [-0.2, -0.15) is 0 Å². The monoisotopic (exact) mass is 373 g/mol. The third kappa shape index (κ3) is 4.59. The van der Waals surface area contributed by atoms with Gasteiger partial charge in [-0.1, -0.05) is 26.0 Å². The highest BCUT2D eigenvalue weighted by molar-refractivity contribution is 5.83. The molecule has 27 heavy (non-hydrogen) atoms. The Labute approximate surface area is 159 Å². The lowest BCUT2D eigenvalue weighted by Gasteiger charge is -2.32. The number of esters is 1. The van der Waals surface area contributed by atoms with E-state index in [1.807, 2.05) is 38.1 Å². The molecule has 0 saturated carbocycles. The van der Waals surface area contributed by atoms with Crippen molar-refractivity contribution in [1.82, 2.24) is 15.2 Å². The topological polar surface area (TPSA) is 84.7 Å². The summed E-state index contributed by atoms with van der Waals surface area (Å²) in [6.45, 7) is 5.22. The van der Waals surface area contributed by atoms with Crippen molar-refractivity contribution in [2.24, 2.45) is 5.92 Å². The van der Waals surface area contributed by atoms with Crippen molar-refractivity contribution in [3.8, 4) is 0 Å². The Morgan fingerprint density at radius 1 is 1.30 bits per heavy atom. The minimum Gasteiger partial charge on any atom is -0.467 e. The lowest BCUT2D eigenvalue weighted by Crippen LogP contribution is -2.50. The molecule has 1 aliphatic rings. The van der Waals surface area contributed by atoms with Gasteiger partial charge in [0.05, 0.1) is 7.11 Å². The molecule has 1 unspecified atom stereocenters. The smallest absolute Gasteiger partial charge is 0.328 e. The summed E-state index contributed by atoms with van der Waals surface area (Å²) in [5.41, 5.74) is 1.66. The average Bonchev–Trinajstić information content (AvgIpc) is 3.10. The van der Waals surface area contributed by atoms with Crippen molar-refractivity contribution in [3.63, 3.8) is 0 Å². The minimum absolute atomic E-state index is 0.202. The minimum atomic E-state index is -0.614. The standard InChI is InChI=1S/C20H27N3O4/c1-13(2)12-16(19(24)26-3)22-20(25)23-10-8-14(9-11-23)18-21-15-6-4-5-7-17(15)27-18/h4-7,13-14,16H,8-12H2,1-3H3,(H,22,25). The summed E-state index contributed by atoms with van der Waals surface area (Å²) in [6, 6.07) is 6.89. The Kier molecular flexibility index (Phi) is 5.98. The normalized spacial score (nSPS) is 16.5. The maximum atomic E-state index is 12.6. The zero-order valence-corrected chi connectivity index (χ0v) is 16.1. The first kappa shape index (κ1) is 19.2. The predicted octanol–water partition coefficient (Wildman–Crippen LogP) is 3.30. The van der Waals surface area contributed by atoms with Crippen LogP contribution in [0.1, 0.15) is 44.9 Å². The number of oxazole rings is 1. The molecule has 0 bridgehead atoms. The molecule has 7 heteroatoms. The molecule has 1 aromatic carbocycles. The van der Waals surface area contributed by atoms with E-state index in [-0.39, 0.29) is 17.9 Å². The summed E-state index contributed by atoms with van der Waals surface area (Å²) in [7, 11) is 1.34. The van der Waals surface area contributed by atoms with Gasteiger partial charge in [0.25, 0.3) is 0 Å². The van der Waals surface area contributed by atoms with Gasteiger partial charge in [-0.3, -0.25) is 0 Å². The van der Waals surface area contributed by atoms with Crippen molar-refractivity contribution in [3.05, 3.63) is 30.2 Å². The average molecular weight is 373 g/mol. The highest BCUT2D eigenvalue weighted by Gasteiger charge is 2.30. The molecule has 2 amide bonds. The molecule has 1 fully saturated rings. The van der Waals surface area contributed by atoms with Crippen LogP contribution in [0, 0.1) is 5.92 Å². The molecule has 0 spiro atoms. The zero-order chi connectivity index (χ0) is 19.4. The number of carbonyl (C=O) groups excluding carboxylic acids is 2. The van der Waals surface area contributed by atoms with Crippen molar-refractivity contribution in [1.29, 1.82) is 0 Å². The molecule has 0 radical (unpaired) electrons. The third-order valence-electron chi connectivity index (χ3n) is 4.93. The number of benzene rings is 1. The number of piperidine rings is 1. The Balaban J connectivity index is 1.57. The molecule has 1 aliphatic heterocycles. The van der Waals surface area contributed by atoms with Crippen LogP contribution in [-0.4, -0.2) is 48.1 Å². The molecule has 2 heterocycles. The van der Waals surface area contributed by atoms with Gasteiger partial charge in [0.2, 0.25) is 0 Å². The molecule has 0 aliphatic carbocycles. The van der Waals surface area contributed by atoms with Gasteiger partial charge in [-0.25, -0.2) is 14.6 Å². The lowest BCUT2D eigenvalue weighted by molar-refractivity contribution is -0.143. The summed E-state index contributed by atoms with van der Waals surface area (Å²) < 4.78 is 10.7. The van der Waals surface area contributed by atoms with Crippen LogP contribution in [0.5, 0.6) is 0 Å². The van der Waals surface area contributed by atoms with Gasteiger partial charge in [0.15, 0.2) is 11.5 Å². The number of hydrogen-bond donors (Lipinski definition) is 1. The summed E-state index contributed by atoms with van der Waals surface area (Å²) in [6.07, 6.45) is 2.12. The Morgan fingerprint density at radius 2 is 2.00 bits per heavy atom. The molecular weight excluding hydrogens is 346 g/mol. The number of urea groups is 1. The van der Waals surface area contributed by atoms with Gasteiger partial charge in [-0.05, 0) is 37.3 Å². The first-order valence-corrected chi connectivity index (χ1v) is 9.46. The van der Waals surface area contributed by atoms with E-state index in [1.165, 1.54) is 7.11 Å². The van der Waals surface area contributed by atoms with E-state index >= 15 is 0 Å². The molecule has 1 saturated heterocycles. The number of rotatable bonds is 5. The molecule has 2 aromatic rings. The highest BCUT2D eigenvalue weighted by atomic mass is 16.5. The van der Waals surface area contributed by atoms with Crippen molar-refractivity contribution >= 4 is 23.1 Å². The van der Waals surface area contributed by atoms with Crippen LogP contribution in [-0.2, 0) is 9.53 Å². The summed E-state index contributed by atoms with van der Waals surface area (Å²) in [4.78, 5) is 30.8. The highest BCUT2D eigenvalue weighted by Crippen LogP contribution is 2.29. The number of para-hydroxylation sites is 2. The van der Waals surface area contributed by atoms with Crippen LogP contribution in [0.2, 0.25) is 0 Å². The first-order chi connectivity index (χ1) is 13.0. The van der Waals surface area contributed by atoms with E-state index < -0.39 is 12.0 Å². The second kappa shape index (κ2) is 8.41. The van der Waals surface area contributed by atoms with E-state index in [9.17, 15) is 9.59 Å². The van der Waals surface area contributed by atoms with E-state index in [1.54, 1.807) is 4.90 Å². The molecular formula is C20H27N3O4. The third-order valence-corrected chi connectivity index (χ3v) is 4.93. The van der Waals surface area contributed by atoms with Gasteiger partial charge in [-0.15, -0.1) is 0 Å². The predicted molar refractivity (Wildman–Crippen MR) is 101 cm³/mol. The van der Waals surface area contributed by atoms with Crippen molar-refractivity contribution in [2.45, 2.75) is 45.1 Å². The first-order valence-electron chi connectivity index (χ1n) is 9.46. The fourth-order valence-electron chi connectivity index (χ4n) is 3.46. The van der Waals surface area contributed by atoms with E-state index in [0.717, 1.165) is 29.8 Å². The lowest BCUT2D eigenvalue weighted by atomic mass is 9.97. The number of ether oxygens (including phenoxy) is 1. The number of aromatic nitrogens is 1. The van der Waals surface area contributed by atoms with E-state index in [2.05, 4.69) is 10.3 Å².